The fraction of sp³-hybridized carbons (Fsp3) is 0.615. The minimum atomic E-state index is 0.0609. The summed E-state index contributed by atoms with van der Waals surface area (Å²) in [6.07, 6.45) is 5.80. The number of nitrogens with one attached hydrogen (secondary N) is 1. The van der Waals surface area contributed by atoms with Gasteiger partial charge >= 0.3 is 0 Å². The van der Waals surface area contributed by atoms with Crippen LogP contribution in [0.3, 0.4) is 0 Å². The van der Waals surface area contributed by atoms with Crippen molar-refractivity contribution in [1.82, 2.24) is 9.97 Å². The van der Waals surface area contributed by atoms with Gasteiger partial charge in [0, 0.05) is 13.2 Å². The summed E-state index contributed by atoms with van der Waals surface area (Å²) in [6, 6.07) is 0.193. The first-order chi connectivity index (χ1) is 9.69. The minimum absolute atomic E-state index is 0.0609. The molecule has 1 N–H and O–H groups in total. The zero-order chi connectivity index (χ0) is 14.1. The van der Waals surface area contributed by atoms with Crippen LogP contribution in [0.25, 0.3) is 0 Å². The Morgan fingerprint density at radius 1 is 1.40 bits per heavy atom. The largest absolute Gasteiger partial charge is 0.381 e. The Balaban J connectivity index is 1.86. The summed E-state index contributed by atoms with van der Waals surface area (Å²) in [5, 5.41) is 3.02. The number of rotatable bonds is 2. The molecule has 0 bridgehead atoms. The van der Waals surface area contributed by atoms with Gasteiger partial charge in [-0.05, 0) is 41.6 Å². The number of fused-ring (bicyclic) bond motifs is 1. The van der Waals surface area contributed by atoms with E-state index < -0.39 is 0 Å². The van der Waals surface area contributed by atoms with E-state index in [-0.39, 0.29) is 18.5 Å². The second-order valence-corrected chi connectivity index (χ2v) is 5.96. The summed E-state index contributed by atoms with van der Waals surface area (Å²) >= 11 is 3.32. The summed E-state index contributed by atoms with van der Waals surface area (Å²) in [5.74, 6) is 1.38. The minimum Gasteiger partial charge on any atom is -0.381 e. The third kappa shape index (κ3) is 2.52. The molecule has 1 aliphatic heterocycles. The number of hydrogen-bond acceptors (Lipinski definition) is 5. The van der Waals surface area contributed by atoms with Crippen LogP contribution in [-0.4, -0.2) is 41.7 Å². The number of hydrogen-bond donors (Lipinski definition) is 1. The molecule has 108 valence electrons. The molecule has 1 fully saturated rings. The number of carbonyl (C=O) groups excluding carboxylic acids is 1. The van der Waals surface area contributed by atoms with Crippen LogP contribution in [-0.2, 0) is 9.53 Å². The lowest BCUT2D eigenvalue weighted by Crippen LogP contribution is -2.49. The van der Waals surface area contributed by atoms with Crippen LogP contribution in [0, 0.1) is 0 Å². The molecular weight excluding hydrogens is 326 g/mol. The number of aromatic nitrogens is 2. The lowest BCUT2D eigenvalue weighted by atomic mass is 9.92. The van der Waals surface area contributed by atoms with Crippen molar-refractivity contribution in [3.05, 3.63) is 10.8 Å². The molecule has 1 aromatic heterocycles. The third-order valence-corrected chi connectivity index (χ3v) is 4.35. The van der Waals surface area contributed by atoms with Gasteiger partial charge in [0.15, 0.2) is 11.6 Å². The number of halogens is 1. The number of ether oxygens (including phenoxy) is 1. The summed E-state index contributed by atoms with van der Waals surface area (Å²) in [4.78, 5) is 22.8. The van der Waals surface area contributed by atoms with Gasteiger partial charge in [0.2, 0.25) is 5.91 Å². The van der Waals surface area contributed by atoms with Crippen molar-refractivity contribution in [3.8, 4) is 0 Å². The Morgan fingerprint density at radius 2 is 2.15 bits per heavy atom. The van der Waals surface area contributed by atoms with E-state index in [2.05, 4.69) is 31.2 Å². The number of nitrogens with zero attached hydrogens (tertiary/aromatic N) is 3. The Morgan fingerprint density at radius 3 is 2.85 bits per heavy atom. The van der Waals surface area contributed by atoms with Gasteiger partial charge in [-0.1, -0.05) is 0 Å². The highest BCUT2D eigenvalue weighted by Gasteiger charge is 2.34. The number of amides is 1. The van der Waals surface area contributed by atoms with Gasteiger partial charge in [-0.25, -0.2) is 9.97 Å². The molecule has 6 nitrogen and oxygen atoms in total. The molecule has 1 amide bonds. The highest BCUT2D eigenvalue weighted by Crippen LogP contribution is 2.33. The van der Waals surface area contributed by atoms with E-state index in [1.165, 1.54) is 0 Å². The lowest BCUT2D eigenvalue weighted by Gasteiger charge is -2.38. The van der Waals surface area contributed by atoms with Crippen molar-refractivity contribution in [3.63, 3.8) is 0 Å². The van der Waals surface area contributed by atoms with Gasteiger partial charge in [0.1, 0.15) is 4.60 Å². The fourth-order valence-corrected chi connectivity index (χ4v) is 3.20. The molecule has 0 spiro atoms. The number of methoxy groups -OCH3 is 1. The summed E-state index contributed by atoms with van der Waals surface area (Å²) in [6.45, 7) is 0.285. The van der Waals surface area contributed by atoms with E-state index in [0.717, 1.165) is 25.7 Å². The summed E-state index contributed by atoms with van der Waals surface area (Å²) < 4.78 is 6.03. The van der Waals surface area contributed by atoms with Gasteiger partial charge in [-0.15, -0.1) is 0 Å². The van der Waals surface area contributed by atoms with E-state index in [1.807, 2.05) is 4.90 Å². The lowest BCUT2D eigenvalue weighted by molar-refractivity contribution is -0.118. The molecule has 2 aliphatic rings. The molecule has 0 aromatic carbocycles. The zero-order valence-corrected chi connectivity index (χ0v) is 12.9. The molecular formula is C13H17BrN4O2. The van der Waals surface area contributed by atoms with Crippen molar-refractivity contribution in [1.29, 1.82) is 0 Å². The standard InChI is InChI=1S/C13H17BrN4O2/c1-20-9-4-2-8(3-5-9)18-11(19)7-16-12-13(18)17-10(14)6-15-12/h6,8-9H,2-5,7H2,1H3,(H,15,16)/t8-,9-/i7+1,11+1. The topological polar surface area (TPSA) is 67.3 Å². The quantitative estimate of drug-likeness (QED) is 0.832. The highest BCUT2D eigenvalue weighted by molar-refractivity contribution is 9.10. The summed E-state index contributed by atoms with van der Waals surface area (Å²) in [7, 11) is 1.75. The molecule has 2 heterocycles. The first kappa shape index (κ1) is 13.8. The fourth-order valence-electron chi connectivity index (χ4n) is 2.93. The van der Waals surface area contributed by atoms with Crippen LogP contribution in [0.4, 0.5) is 11.6 Å². The molecule has 1 aromatic rings. The first-order valence-electron chi connectivity index (χ1n) is 6.80. The molecule has 0 saturated heterocycles. The summed E-state index contributed by atoms with van der Waals surface area (Å²) in [5.41, 5.74) is 0. The Kier molecular flexibility index (Phi) is 3.89. The average Bonchev–Trinajstić information content (AvgIpc) is 2.47. The SMILES string of the molecule is CO[C@H]1CC[C@H](N2c3nc(Br)cnc3N[13CH2][13C]2=O)CC1. The molecule has 0 atom stereocenters. The second-order valence-electron chi connectivity index (χ2n) is 5.15. The molecule has 0 unspecified atom stereocenters. The van der Waals surface area contributed by atoms with Gasteiger partial charge < -0.3 is 10.1 Å². The molecule has 20 heavy (non-hydrogen) atoms. The molecule has 7 heteroatoms. The van der Waals surface area contributed by atoms with E-state index in [4.69, 9.17) is 4.74 Å². The predicted octanol–water partition coefficient (Wildman–Crippen LogP) is 1.96. The van der Waals surface area contributed by atoms with Gasteiger partial charge in [-0.2, -0.15) is 0 Å². The zero-order valence-electron chi connectivity index (χ0n) is 11.3. The molecule has 1 saturated carbocycles. The average molecular weight is 343 g/mol. The van der Waals surface area contributed by atoms with Crippen LogP contribution in [0.1, 0.15) is 25.7 Å². The van der Waals surface area contributed by atoms with Crippen LogP contribution in [0.15, 0.2) is 10.8 Å². The van der Waals surface area contributed by atoms with E-state index in [9.17, 15) is 4.79 Å². The number of anilines is 2. The smallest absolute Gasteiger partial charge is 0.247 e. The molecule has 1 aliphatic carbocycles. The first-order valence-corrected chi connectivity index (χ1v) is 7.59. The van der Waals surface area contributed by atoms with Crippen molar-refractivity contribution < 1.29 is 9.53 Å². The molecule has 0 radical (unpaired) electrons. The monoisotopic (exact) mass is 342 g/mol. The Hall–Kier alpha value is -1.21. The van der Waals surface area contributed by atoms with Gasteiger partial charge in [0.05, 0.1) is 18.8 Å². The highest BCUT2D eigenvalue weighted by atomic mass is 79.9. The third-order valence-electron chi connectivity index (χ3n) is 3.97. The van der Waals surface area contributed by atoms with Crippen LogP contribution in [0.5, 0.6) is 0 Å². The Bertz CT molecular complexity index is 517. The maximum Gasteiger partial charge on any atom is 0.247 e. The molecule has 3 rings (SSSR count). The second kappa shape index (κ2) is 5.65. The maximum absolute atomic E-state index is 12.3. The van der Waals surface area contributed by atoms with Crippen LogP contribution in [0.2, 0.25) is 0 Å². The van der Waals surface area contributed by atoms with E-state index in [1.54, 1.807) is 13.3 Å². The van der Waals surface area contributed by atoms with Gasteiger partial charge in [0.25, 0.3) is 0 Å². The number of carbonyl (C=O) groups is 1. The van der Waals surface area contributed by atoms with Crippen molar-refractivity contribution in [2.24, 2.45) is 0 Å². The van der Waals surface area contributed by atoms with Crippen molar-refractivity contribution in [2.45, 2.75) is 37.8 Å². The normalized spacial score (nSPS) is 26.1. The Labute approximate surface area is 126 Å². The van der Waals surface area contributed by atoms with Crippen molar-refractivity contribution >= 4 is 33.5 Å². The van der Waals surface area contributed by atoms with E-state index >= 15 is 0 Å². The van der Waals surface area contributed by atoms with Crippen molar-refractivity contribution in [2.75, 3.05) is 23.9 Å². The predicted molar refractivity (Wildman–Crippen MR) is 78.8 cm³/mol. The van der Waals surface area contributed by atoms with Crippen LogP contribution >= 0.6 is 15.9 Å². The maximum atomic E-state index is 12.3. The van der Waals surface area contributed by atoms with E-state index in [0.29, 0.717) is 22.3 Å². The van der Waals surface area contributed by atoms with Crippen LogP contribution < -0.4 is 10.2 Å². The van der Waals surface area contributed by atoms with Gasteiger partial charge in [-0.3, -0.25) is 9.69 Å².